The Labute approximate surface area is 121 Å². The van der Waals surface area contributed by atoms with E-state index in [-0.39, 0.29) is 24.2 Å². The van der Waals surface area contributed by atoms with E-state index in [0.29, 0.717) is 17.9 Å². The van der Waals surface area contributed by atoms with Crippen LogP contribution >= 0.6 is 12.4 Å². The largest absolute Gasteiger partial charge is 0.496 e. The van der Waals surface area contributed by atoms with Crippen molar-refractivity contribution in [3.8, 4) is 5.75 Å². The number of carbonyl (C=O) groups excluding carboxylic acids is 1. The summed E-state index contributed by atoms with van der Waals surface area (Å²) in [5.74, 6) is 0.661. The zero-order chi connectivity index (χ0) is 13.8. The lowest BCUT2D eigenvalue weighted by atomic mass is 9.88. The highest BCUT2D eigenvalue weighted by Gasteiger charge is 2.29. The minimum absolute atomic E-state index is 0. The van der Waals surface area contributed by atoms with Gasteiger partial charge in [0.15, 0.2) is 0 Å². The summed E-state index contributed by atoms with van der Waals surface area (Å²) in [6.45, 7) is 6.42. The number of methoxy groups -OCH3 is 1. The molecule has 0 fully saturated rings. The summed E-state index contributed by atoms with van der Waals surface area (Å²) in [6, 6.07) is 7.16. The number of nitrogens with two attached hydrogens (primary N) is 1. The maximum Gasteiger partial charge on any atom is 0.255 e. The summed E-state index contributed by atoms with van der Waals surface area (Å²) in [4.78, 5) is 12.3. The lowest BCUT2D eigenvalue weighted by Gasteiger charge is -2.33. The second-order valence-electron chi connectivity index (χ2n) is 4.93. The monoisotopic (exact) mass is 286 g/mol. The van der Waals surface area contributed by atoms with Gasteiger partial charge in [-0.05, 0) is 25.0 Å². The van der Waals surface area contributed by atoms with Crippen LogP contribution in [-0.4, -0.2) is 25.1 Å². The molecule has 108 valence electrons. The van der Waals surface area contributed by atoms with Gasteiger partial charge in [0.1, 0.15) is 5.75 Å². The molecule has 0 bridgehead atoms. The van der Waals surface area contributed by atoms with E-state index in [0.717, 1.165) is 0 Å². The van der Waals surface area contributed by atoms with E-state index in [1.165, 1.54) is 0 Å². The van der Waals surface area contributed by atoms with Crippen molar-refractivity contribution >= 4 is 18.3 Å². The van der Waals surface area contributed by atoms with E-state index < -0.39 is 5.54 Å². The van der Waals surface area contributed by atoms with Gasteiger partial charge in [0, 0.05) is 6.54 Å². The number of carbonyl (C=O) groups is 1. The SMILES string of the molecule is COc1ccccc1C(=O)NC(C)(CN)C(C)C.Cl. The molecule has 1 aromatic rings. The van der Waals surface area contributed by atoms with Gasteiger partial charge in [-0.25, -0.2) is 0 Å². The van der Waals surface area contributed by atoms with E-state index in [1.807, 2.05) is 32.9 Å². The van der Waals surface area contributed by atoms with Gasteiger partial charge in [-0.1, -0.05) is 26.0 Å². The summed E-state index contributed by atoms with van der Waals surface area (Å²) in [7, 11) is 1.55. The Hall–Kier alpha value is -1.26. The first-order valence-corrected chi connectivity index (χ1v) is 6.10. The first-order chi connectivity index (χ1) is 8.44. The number of ether oxygens (including phenoxy) is 1. The minimum atomic E-state index is -0.419. The predicted octanol–water partition coefficient (Wildman–Crippen LogP) is 2.22. The Morgan fingerprint density at radius 3 is 2.47 bits per heavy atom. The Morgan fingerprint density at radius 1 is 1.42 bits per heavy atom. The van der Waals surface area contributed by atoms with Crippen molar-refractivity contribution in [1.29, 1.82) is 0 Å². The molecule has 4 nitrogen and oxygen atoms in total. The second kappa shape index (κ2) is 7.36. The van der Waals surface area contributed by atoms with Crippen LogP contribution in [0.1, 0.15) is 31.1 Å². The smallest absolute Gasteiger partial charge is 0.255 e. The average Bonchev–Trinajstić information content (AvgIpc) is 2.38. The van der Waals surface area contributed by atoms with Crippen LogP contribution in [0.25, 0.3) is 0 Å². The zero-order valence-corrected chi connectivity index (χ0v) is 12.7. The number of nitrogens with one attached hydrogen (secondary N) is 1. The molecule has 0 aliphatic rings. The van der Waals surface area contributed by atoms with Gasteiger partial charge in [0.05, 0.1) is 18.2 Å². The molecule has 0 radical (unpaired) electrons. The standard InChI is InChI=1S/C14H22N2O2.ClH/c1-10(2)14(3,9-15)16-13(17)11-7-5-6-8-12(11)18-4;/h5-8,10H,9,15H2,1-4H3,(H,16,17);1H. The van der Waals surface area contributed by atoms with Crippen LogP contribution in [0.3, 0.4) is 0 Å². The lowest BCUT2D eigenvalue weighted by molar-refractivity contribution is 0.0880. The van der Waals surface area contributed by atoms with Crippen molar-refractivity contribution in [2.24, 2.45) is 11.7 Å². The van der Waals surface area contributed by atoms with Crippen LogP contribution in [0.2, 0.25) is 0 Å². The Morgan fingerprint density at radius 2 is 2.00 bits per heavy atom. The normalized spacial score (nSPS) is 13.4. The van der Waals surface area contributed by atoms with Gasteiger partial charge >= 0.3 is 0 Å². The third-order valence-corrected chi connectivity index (χ3v) is 3.45. The highest BCUT2D eigenvalue weighted by Crippen LogP contribution is 2.20. The molecule has 1 unspecified atom stereocenters. The summed E-state index contributed by atoms with van der Waals surface area (Å²) >= 11 is 0. The highest BCUT2D eigenvalue weighted by molar-refractivity contribution is 5.97. The molecule has 0 saturated carbocycles. The quantitative estimate of drug-likeness (QED) is 0.872. The first-order valence-electron chi connectivity index (χ1n) is 6.10. The molecule has 0 aliphatic carbocycles. The molecular formula is C14H23ClN2O2. The zero-order valence-electron chi connectivity index (χ0n) is 11.9. The molecule has 19 heavy (non-hydrogen) atoms. The van der Waals surface area contributed by atoms with Crippen LogP contribution in [0.15, 0.2) is 24.3 Å². The van der Waals surface area contributed by atoms with Gasteiger partial charge in [-0.3, -0.25) is 4.79 Å². The van der Waals surface area contributed by atoms with Crippen LogP contribution in [0.4, 0.5) is 0 Å². The Bertz CT molecular complexity index is 424. The van der Waals surface area contributed by atoms with Crippen LogP contribution in [0.5, 0.6) is 5.75 Å². The first kappa shape index (κ1) is 17.7. The van der Waals surface area contributed by atoms with E-state index in [4.69, 9.17) is 10.5 Å². The van der Waals surface area contributed by atoms with Gasteiger partial charge in [-0.15, -0.1) is 12.4 Å². The van der Waals surface area contributed by atoms with Crippen LogP contribution in [-0.2, 0) is 0 Å². The average molecular weight is 287 g/mol. The number of rotatable bonds is 5. The van der Waals surface area contributed by atoms with E-state index in [2.05, 4.69) is 5.32 Å². The Kier molecular flexibility index (Phi) is 6.87. The van der Waals surface area contributed by atoms with E-state index in [1.54, 1.807) is 19.2 Å². The molecule has 3 N–H and O–H groups in total. The maximum atomic E-state index is 12.3. The molecule has 1 rings (SSSR count). The summed E-state index contributed by atoms with van der Waals surface area (Å²) in [6.07, 6.45) is 0. The number of halogens is 1. The minimum Gasteiger partial charge on any atom is -0.496 e. The molecule has 1 atom stereocenters. The molecule has 0 heterocycles. The summed E-state index contributed by atoms with van der Waals surface area (Å²) in [5.41, 5.74) is 5.87. The fraction of sp³-hybridized carbons (Fsp3) is 0.500. The third-order valence-electron chi connectivity index (χ3n) is 3.45. The van der Waals surface area contributed by atoms with Gasteiger partial charge in [-0.2, -0.15) is 0 Å². The molecular weight excluding hydrogens is 264 g/mol. The molecule has 0 aromatic heterocycles. The van der Waals surface area contributed by atoms with Crippen molar-refractivity contribution in [2.75, 3.05) is 13.7 Å². The number of para-hydroxylation sites is 1. The summed E-state index contributed by atoms with van der Waals surface area (Å²) < 4.78 is 5.18. The maximum absolute atomic E-state index is 12.3. The van der Waals surface area contributed by atoms with Gasteiger partial charge in [0.2, 0.25) is 0 Å². The number of hydrogen-bond donors (Lipinski definition) is 2. The van der Waals surface area contributed by atoms with Crippen LogP contribution in [0, 0.1) is 5.92 Å². The molecule has 5 heteroatoms. The fourth-order valence-electron chi connectivity index (χ4n) is 1.59. The third kappa shape index (κ3) is 4.11. The number of benzene rings is 1. The molecule has 1 amide bonds. The predicted molar refractivity (Wildman–Crippen MR) is 80.0 cm³/mol. The van der Waals surface area contributed by atoms with Crippen LogP contribution < -0.4 is 15.8 Å². The topological polar surface area (TPSA) is 64.3 Å². The van der Waals surface area contributed by atoms with Crippen molar-refractivity contribution < 1.29 is 9.53 Å². The van der Waals surface area contributed by atoms with E-state index >= 15 is 0 Å². The lowest BCUT2D eigenvalue weighted by Crippen LogP contribution is -2.55. The molecule has 0 aliphatic heterocycles. The second-order valence-corrected chi connectivity index (χ2v) is 4.93. The molecule has 0 saturated heterocycles. The van der Waals surface area contributed by atoms with Crippen molar-refractivity contribution in [3.05, 3.63) is 29.8 Å². The van der Waals surface area contributed by atoms with Gasteiger partial charge in [0.25, 0.3) is 5.91 Å². The molecule has 1 aromatic carbocycles. The van der Waals surface area contributed by atoms with Crippen molar-refractivity contribution in [2.45, 2.75) is 26.3 Å². The Balaban J connectivity index is 0.00000324. The number of hydrogen-bond acceptors (Lipinski definition) is 3. The van der Waals surface area contributed by atoms with E-state index in [9.17, 15) is 4.79 Å². The fourth-order valence-corrected chi connectivity index (χ4v) is 1.59. The van der Waals surface area contributed by atoms with Gasteiger partial charge < -0.3 is 15.8 Å². The van der Waals surface area contributed by atoms with Crippen molar-refractivity contribution in [1.82, 2.24) is 5.32 Å². The van der Waals surface area contributed by atoms with Crippen molar-refractivity contribution in [3.63, 3.8) is 0 Å². The summed E-state index contributed by atoms with van der Waals surface area (Å²) in [5, 5.41) is 2.99. The highest BCUT2D eigenvalue weighted by atomic mass is 35.5. The molecule has 0 spiro atoms. The number of amides is 1.